The number of hydrogen-bond acceptors (Lipinski definition) is 7. The molecule has 0 unspecified atom stereocenters. The molecule has 4 amide bonds. The predicted molar refractivity (Wildman–Crippen MR) is 104 cm³/mol. The lowest BCUT2D eigenvalue weighted by Crippen LogP contribution is -2.53. The summed E-state index contributed by atoms with van der Waals surface area (Å²) in [6.45, 7) is 0.845. The Kier molecular flexibility index (Phi) is 9.23. The van der Waals surface area contributed by atoms with Gasteiger partial charge in [0.05, 0.1) is 19.0 Å². The molecule has 0 spiro atoms. The normalized spacial score (nSPS) is 13.4. The van der Waals surface area contributed by atoms with E-state index in [0.717, 1.165) is 0 Å². The lowest BCUT2D eigenvalue weighted by molar-refractivity contribution is -0.143. The van der Waals surface area contributed by atoms with Gasteiger partial charge < -0.3 is 37.6 Å². The Morgan fingerprint density at radius 2 is 1.63 bits per heavy atom. The number of nitrogens with two attached hydrogens (primary N) is 2. The first-order valence-corrected chi connectivity index (χ1v) is 8.91. The highest BCUT2D eigenvalue weighted by Gasteiger charge is 2.25. The van der Waals surface area contributed by atoms with Crippen LogP contribution in [0.3, 0.4) is 0 Å². The Hall–Kier alpha value is -3.67. The maximum Gasteiger partial charge on any atom is 0.326 e. The number of rotatable bonds is 11. The summed E-state index contributed by atoms with van der Waals surface area (Å²) in [4.78, 5) is 57.8. The van der Waals surface area contributed by atoms with Crippen molar-refractivity contribution in [1.29, 1.82) is 0 Å². The highest BCUT2D eigenvalue weighted by atomic mass is 16.4. The highest BCUT2D eigenvalue weighted by molar-refractivity contribution is 5.93. The number of carboxylic acids is 1. The van der Waals surface area contributed by atoms with E-state index in [9.17, 15) is 29.1 Å². The van der Waals surface area contributed by atoms with Gasteiger partial charge in [0, 0.05) is 0 Å². The van der Waals surface area contributed by atoms with Crippen molar-refractivity contribution in [2.45, 2.75) is 37.9 Å². The first kappa shape index (κ1) is 24.4. The summed E-state index contributed by atoms with van der Waals surface area (Å²) in [5, 5.41) is 24.9. The number of carbonyl (C=O) groups is 5. The van der Waals surface area contributed by atoms with Crippen molar-refractivity contribution in [1.82, 2.24) is 16.0 Å². The SMILES string of the molecule is C[C@H](NC(=O)CNC(=O)[C@@H](N)Cc1ccc(O)cc1)C(=O)N[C@@H](CC(N)=O)C(=O)O. The number of primary amides is 1. The first-order valence-electron chi connectivity index (χ1n) is 8.91. The van der Waals surface area contributed by atoms with Crippen LogP contribution in [0.15, 0.2) is 24.3 Å². The molecule has 0 heterocycles. The van der Waals surface area contributed by atoms with Crippen molar-refractivity contribution in [3.8, 4) is 5.75 Å². The maximum atomic E-state index is 12.0. The molecular weight excluding hydrogens is 398 g/mol. The van der Waals surface area contributed by atoms with E-state index >= 15 is 0 Å². The Morgan fingerprint density at radius 3 is 2.17 bits per heavy atom. The molecule has 0 aliphatic heterocycles. The van der Waals surface area contributed by atoms with Crippen molar-refractivity contribution < 1.29 is 34.2 Å². The molecule has 0 saturated heterocycles. The van der Waals surface area contributed by atoms with Crippen molar-refractivity contribution in [3.05, 3.63) is 29.8 Å². The van der Waals surface area contributed by atoms with Gasteiger partial charge in [-0.05, 0) is 31.0 Å². The van der Waals surface area contributed by atoms with E-state index in [-0.39, 0.29) is 12.2 Å². The smallest absolute Gasteiger partial charge is 0.326 e. The third kappa shape index (κ3) is 8.56. The van der Waals surface area contributed by atoms with Crippen molar-refractivity contribution in [2.75, 3.05) is 6.54 Å². The van der Waals surface area contributed by atoms with Gasteiger partial charge in [-0.2, -0.15) is 0 Å². The number of phenols is 1. The van der Waals surface area contributed by atoms with E-state index in [4.69, 9.17) is 16.6 Å². The minimum Gasteiger partial charge on any atom is -0.508 e. The third-order valence-corrected chi connectivity index (χ3v) is 3.94. The molecule has 1 aromatic rings. The molecule has 0 fully saturated rings. The van der Waals surface area contributed by atoms with Crippen LogP contribution >= 0.6 is 0 Å². The van der Waals surface area contributed by atoms with Gasteiger partial charge in [0.25, 0.3) is 0 Å². The molecule has 30 heavy (non-hydrogen) atoms. The lowest BCUT2D eigenvalue weighted by Gasteiger charge is -2.18. The van der Waals surface area contributed by atoms with Crippen LogP contribution in [0.4, 0.5) is 0 Å². The molecule has 0 saturated carbocycles. The van der Waals surface area contributed by atoms with Crippen LogP contribution in [-0.4, -0.2) is 64.5 Å². The predicted octanol–water partition coefficient (Wildman–Crippen LogP) is -2.67. The van der Waals surface area contributed by atoms with E-state index in [2.05, 4.69) is 16.0 Å². The monoisotopic (exact) mass is 423 g/mol. The van der Waals surface area contributed by atoms with Crippen LogP contribution in [0.5, 0.6) is 5.75 Å². The zero-order valence-corrected chi connectivity index (χ0v) is 16.3. The summed E-state index contributed by atoms with van der Waals surface area (Å²) in [6.07, 6.45) is -0.417. The second-order valence-corrected chi connectivity index (χ2v) is 6.55. The van der Waals surface area contributed by atoms with Gasteiger partial charge >= 0.3 is 5.97 Å². The second kappa shape index (κ2) is 11.4. The summed E-state index contributed by atoms with van der Waals surface area (Å²) in [5.41, 5.74) is 11.4. The zero-order chi connectivity index (χ0) is 22.8. The van der Waals surface area contributed by atoms with E-state index in [0.29, 0.717) is 5.56 Å². The van der Waals surface area contributed by atoms with Gasteiger partial charge in [-0.3, -0.25) is 19.2 Å². The topological polar surface area (TPSA) is 214 Å². The molecular formula is C18H25N5O7. The fourth-order valence-corrected chi connectivity index (χ4v) is 2.33. The average Bonchev–Trinajstić information content (AvgIpc) is 2.66. The standard InChI is InChI=1S/C18H25N5O7/c1-9(16(27)23-13(18(29)30)7-14(20)25)22-15(26)8-21-17(28)12(19)6-10-2-4-11(24)5-3-10/h2-5,9,12-13,24H,6-8,19H2,1H3,(H2,20,25)(H,21,28)(H,22,26)(H,23,27)(H,29,30)/t9-,12-,13-/m0/s1. The maximum absolute atomic E-state index is 12.0. The highest BCUT2D eigenvalue weighted by Crippen LogP contribution is 2.10. The summed E-state index contributed by atoms with van der Waals surface area (Å²) in [5.74, 6) is -4.42. The molecule has 0 aliphatic carbocycles. The third-order valence-electron chi connectivity index (χ3n) is 3.94. The van der Waals surface area contributed by atoms with E-state index in [1.54, 1.807) is 12.1 Å². The molecule has 0 bridgehead atoms. The molecule has 0 aromatic heterocycles. The first-order chi connectivity index (χ1) is 14.0. The van der Waals surface area contributed by atoms with Crippen LogP contribution in [0.25, 0.3) is 0 Å². The zero-order valence-electron chi connectivity index (χ0n) is 16.3. The fourth-order valence-electron chi connectivity index (χ4n) is 2.33. The van der Waals surface area contributed by atoms with Gasteiger partial charge in [-0.1, -0.05) is 12.1 Å². The Morgan fingerprint density at radius 1 is 1.03 bits per heavy atom. The second-order valence-electron chi connectivity index (χ2n) is 6.55. The minimum absolute atomic E-state index is 0.0795. The largest absolute Gasteiger partial charge is 0.508 e. The van der Waals surface area contributed by atoms with Gasteiger partial charge in [0.15, 0.2) is 0 Å². The Bertz CT molecular complexity index is 797. The van der Waals surface area contributed by atoms with E-state index in [1.165, 1.54) is 19.1 Å². The Balaban J connectivity index is 2.45. The van der Waals surface area contributed by atoms with Crippen LogP contribution in [-0.2, 0) is 30.4 Å². The molecule has 3 atom stereocenters. The quantitative estimate of drug-likeness (QED) is 0.199. The van der Waals surface area contributed by atoms with Crippen LogP contribution in [0, 0.1) is 0 Å². The van der Waals surface area contributed by atoms with Gasteiger partial charge in [-0.25, -0.2) is 4.79 Å². The van der Waals surface area contributed by atoms with E-state index < -0.39 is 60.7 Å². The number of phenolic OH excluding ortho intramolecular Hbond substituents is 1. The average molecular weight is 423 g/mol. The summed E-state index contributed by atoms with van der Waals surface area (Å²) >= 11 is 0. The van der Waals surface area contributed by atoms with Gasteiger partial charge in [0.2, 0.25) is 23.6 Å². The fraction of sp³-hybridized carbons (Fsp3) is 0.389. The van der Waals surface area contributed by atoms with Crippen molar-refractivity contribution >= 4 is 29.6 Å². The van der Waals surface area contributed by atoms with Gasteiger partial charge in [0.1, 0.15) is 17.8 Å². The minimum atomic E-state index is -1.52. The molecule has 1 rings (SSSR count). The van der Waals surface area contributed by atoms with E-state index in [1.807, 2.05) is 0 Å². The molecule has 1 aromatic carbocycles. The van der Waals surface area contributed by atoms with Crippen LogP contribution in [0.1, 0.15) is 18.9 Å². The molecule has 0 aliphatic rings. The molecule has 12 heteroatoms. The van der Waals surface area contributed by atoms with Crippen LogP contribution < -0.4 is 27.4 Å². The molecule has 164 valence electrons. The number of benzene rings is 1. The number of aliphatic carboxylic acids is 1. The lowest BCUT2D eigenvalue weighted by atomic mass is 10.1. The van der Waals surface area contributed by atoms with Gasteiger partial charge in [-0.15, -0.1) is 0 Å². The van der Waals surface area contributed by atoms with Crippen molar-refractivity contribution in [2.24, 2.45) is 11.5 Å². The van der Waals surface area contributed by atoms with Crippen molar-refractivity contribution in [3.63, 3.8) is 0 Å². The molecule has 12 nitrogen and oxygen atoms in total. The number of amides is 4. The van der Waals surface area contributed by atoms with Crippen LogP contribution in [0.2, 0.25) is 0 Å². The molecule has 0 radical (unpaired) electrons. The molecule has 9 N–H and O–H groups in total. The number of carbonyl (C=O) groups excluding carboxylic acids is 4. The summed E-state index contributed by atoms with van der Waals surface area (Å²) in [7, 11) is 0. The number of nitrogens with one attached hydrogen (secondary N) is 3. The number of hydrogen-bond donors (Lipinski definition) is 7. The summed E-state index contributed by atoms with van der Waals surface area (Å²) in [6, 6.07) is 2.54. The number of carboxylic acid groups (broad SMARTS) is 1. The number of aromatic hydroxyl groups is 1. The Labute approximate surface area is 172 Å². The summed E-state index contributed by atoms with van der Waals surface area (Å²) < 4.78 is 0.